The van der Waals surface area contributed by atoms with Gasteiger partial charge < -0.3 is 5.32 Å². The number of hydrogen-bond acceptors (Lipinski definition) is 2. The molecule has 1 aliphatic carbocycles. The van der Waals surface area contributed by atoms with Crippen LogP contribution in [0.25, 0.3) is 0 Å². The van der Waals surface area contributed by atoms with Crippen molar-refractivity contribution in [2.45, 2.75) is 37.6 Å². The number of rotatable bonds is 6. The van der Waals surface area contributed by atoms with Crippen LogP contribution in [0, 0.1) is 0 Å². The van der Waals surface area contributed by atoms with E-state index in [0.717, 1.165) is 24.8 Å². The summed E-state index contributed by atoms with van der Waals surface area (Å²) in [5, 5.41) is 9.80. The summed E-state index contributed by atoms with van der Waals surface area (Å²) in [6.07, 6.45) is 7.11. The van der Waals surface area contributed by atoms with Crippen molar-refractivity contribution in [1.29, 1.82) is 0 Å². The molecule has 2 N–H and O–H groups in total. The Labute approximate surface area is 118 Å². The number of nitrogens with zero attached hydrogens (tertiary/aromatic N) is 1. The minimum atomic E-state index is 0.164. The summed E-state index contributed by atoms with van der Waals surface area (Å²) in [5.41, 5.74) is 2.49. The van der Waals surface area contributed by atoms with E-state index in [-0.39, 0.29) is 5.91 Å². The van der Waals surface area contributed by atoms with Crippen molar-refractivity contribution in [1.82, 2.24) is 15.5 Å². The highest BCUT2D eigenvalue weighted by molar-refractivity contribution is 5.76. The fourth-order valence-corrected chi connectivity index (χ4v) is 2.57. The highest BCUT2D eigenvalue weighted by Crippen LogP contribution is 2.40. The summed E-state index contributed by atoms with van der Waals surface area (Å²) in [6.45, 7) is 0. The smallest absolute Gasteiger partial charge is 0.220 e. The molecule has 0 spiro atoms. The van der Waals surface area contributed by atoms with Crippen LogP contribution in [0.5, 0.6) is 0 Å². The van der Waals surface area contributed by atoms with Crippen molar-refractivity contribution in [2.24, 2.45) is 0 Å². The van der Waals surface area contributed by atoms with Crippen LogP contribution in [0.3, 0.4) is 0 Å². The van der Waals surface area contributed by atoms with Crippen LogP contribution < -0.4 is 5.32 Å². The maximum absolute atomic E-state index is 11.9. The van der Waals surface area contributed by atoms with Gasteiger partial charge in [0.25, 0.3) is 0 Å². The molecule has 2 aromatic rings. The van der Waals surface area contributed by atoms with Gasteiger partial charge >= 0.3 is 0 Å². The SMILES string of the molecule is O=C(CCCc1cn[nH]c1)N[C@@H]1C[C@H]1c1ccccc1. The zero-order chi connectivity index (χ0) is 13.8. The van der Waals surface area contributed by atoms with E-state index < -0.39 is 0 Å². The third-order valence-electron chi connectivity index (χ3n) is 3.79. The predicted octanol–water partition coefficient (Wildman–Crippen LogP) is 2.40. The molecule has 0 aliphatic heterocycles. The van der Waals surface area contributed by atoms with E-state index in [1.807, 2.05) is 18.5 Å². The van der Waals surface area contributed by atoms with Gasteiger partial charge in [-0.2, -0.15) is 5.10 Å². The van der Waals surface area contributed by atoms with Crippen LogP contribution >= 0.6 is 0 Å². The molecule has 1 amide bonds. The minimum Gasteiger partial charge on any atom is -0.353 e. The molecule has 0 radical (unpaired) electrons. The van der Waals surface area contributed by atoms with E-state index in [1.165, 1.54) is 5.56 Å². The molecular weight excluding hydrogens is 250 g/mol. The van der Waals surface area contributed by atoms with Crippen LogP contribution in [0.1, 0.15) is 36.3 Å². The van der Waals surface area contributed by atoms with Crippen LogP contribution in [-0.4, -0.2) is 22.1 Å². The van der Waals surface area contributed by atoms with E-state index in [2.05, 4.69) is 39.8 Å². The molecule has 20 heavy (non-hydrogen) atoms. The number of amides is 1. The average molecular weight is 269 g/mol. The third-order valence-corrected chi connectivity index (χ3v) is 3.79. The quantitative estimate of drug-likeness (QED) is 0.846. The Hall–Kier alpha value is -2.10. The normalized spacial score (nSPS) is 20.6. The summed E-state index contributed by atoms with van der Waals surface area (Å²) >= 11 is 0. The zero-order valence-electron chi connectivity index (χ0n) is 11.4. The fraction of sp³-hybridized carbons (Fsp3) is 0.375. The molecule has 1 aromatic heterocycles. The van der Waals surface area contributed by atoms with Gasteiger partial charge in [0.05, 0.1) is 6.20 Å². The van der Waals surface area contributed by atoms with Gasteiger partial charge in [0.1, 0.15) is 0 Å². The largest absolute Gasteiger partial charge is 0.353 e. The van der Waals surface area contributed by atoms with E-state index in [4.69, 9.17) is 0 Å². The van der Waals surface area contributed by atoms with E-state index in [0.29, 0.717) is 18.4 Å². The Balaban J connectivity index is 1.38. The zero-order valence-corrected chi connectivity index (χ0v) is 11.4. The summed E-state index contributed by atoms with van der Waals surface area (Å²) in [4.78, 5) is 11.9. The molecule has 0 unspecified atom stereocenters. The van der Waals surface area contributed by atoms with Crippen molar-refractivity contribution < 1.29 is 4.79 Å². The molecule has 104 valence electrons. The molecule has 0 saturated heterocycles. The van der Waals surface area contributed by atoms with Crippen LogP contribution in [0.4, 0.5) is 0 Å². The van der Waals surface area contributed by atoms with Crippen molar-refractivity contribution in [2.75, 3.05) is 0 Å². The summed E-state index contributed by atoms with van der Waals surface area (Å²) < 4.78 is 0. The first-order valence-electron chi connectivity index (χ1n) is 7.15. The number of carbonyl (C=O) groups is 1. The van der Waals surface area contributed by atoms with Gasteiger partial charge in [-0.25, -0.2) is 0 Å². The lowest BCUT2D eigenvalue weighted by Crippen LogP contribution is -2.26. The number of benzene rings is 1. The molecular formula is C16H19N3O. The molecule has 1 aromatic carbocycles. The maximum Gasteiger partial charge on any atom is 0.220 e. The van der Waals surface area contributed by atoms with Gasteiger partial charge in [0, 0.05) is 24.6 Å². The van der Waals surface area contributed by atoms with E-state index >= 15 is 0 Å². The molecule has 1 aliphatic rings. The number of aryl methyl sites for hydroxylation is 1. The van der Waals surface area contributed by atoms with Crippen LogP contribution in [-0.2, 0) is 11.2 Å². The third kappa shape index (κ3) is 3.26. The van der Waals surface area contributed by atoms with Gasteiger partial charge in [0.15, 0.2) is 0 Å². The van der Waals surface area contributed by atoms with Gasteiger partial charge in [-0.15, -0.1) is 0 Å². The van der Waals surface area contributed by atoms with Crippen molar-refractivity contribution in [3.8, 4) is 0 Å². The second-order valence-electron chi connectivity index (χ2n) is 5.39. The summed E-state index contributed by atoms with van der Waals surface area (Å²) in [7, 11) is 0. The first-order chi connectivity index (χ1) is 9.83. The lowest BCUT2D eigenvalue weighted by atomic mass is 10.1. The Morgan fingerprint density at radius 3 is 2.95 bits per heavy atom. The number of hydrogen-bond donors (Lipinski definition) is 2. The van der Waals surface area contributed by atoms with Crippen molar-refractivity contribution in [3.05, 3.63) is 53.9 Å². The number of carbonyl (C=O) groups excluding carboxylic acids is 1. The number of aromatic nitrogens is 2. The topological polar surface area (TPSA) is 57.8 Å². The van der Waals surface area contributed by atoms with Crippen molar-refractivity contribution >= 4 is 5.91 Å². The van der Waals surface area contributed by atoms with E-state index in [9.17, 15) is 4.79 Å². The molecule has 0 bridgehead atoms. The maximum atomic E-state index is 11.9. The fourth-order valence-electron chi connectivity index (χ4n) is 2.57. The van der Waals surface area contributed by atoms with Gasteiger partial charge in [-0.1, -0.05) is 30.3 Å². The lowest BCUT2D eigenvalue weighted by Gasteiger charge is -2.04. The molecule has 1 fully saturated rings. The number of aromatic amines is 1. The molecule has 4 nitrogen and oxygen atoms in total. The minimum absolute atomic E-state index is 0.164. The van der Waals surface area contributed by atoms with Gasteiger partial charge in [-0.3, -0.25) is 9.89 Å². The highest BCUT2D eigenvalue weighted by Gasteiger charge is 2.39. The molecule has 2 atom stereocenters. The predicted molar refractivity (Wildman–Crippen MR) is 77.3 cm³/mol. The number of H-pyrrole nitrogens is 1. The Morgan fingerprint density at radius 1 is 1.35 bits per heavy atom. The second kappa shape index (κ2) is 5.90. The van der Waals surface area contributed by atoms with E-state index in [1.54, 1.807) is 0 Å². The molecule has 4 heteroatoms. The molecule has 3 rings (SSSR count). The Morgan fingerprint density at radius 2 is 2.20 bits per heavy atom. The first-order valence-corrected chi connectivity index (χ1v) is 7.15. The van der Waals surface area contributed by atoms with Crippen molar-refractivity contribution in [3.63, 3.8) is 0 Å². The Bertz CT molecular complexity index is 550. The monoisotopic (exact) mass is 269 g/mol. The molecule has 1 heterocycles. The average Bonchev–Trinajstić information content (AvgIpc) is 3.02. The number of nitrogens with one attached hydrogen (secondary N) is 2. The van der Waals surface area contributed by atoms with Gasteiger partial charge in [-0.05, 0) is 30.4 Å². The lowest BCUT2D eigenvalue weighted by molar-refractivity contribution is -0.121. The van der Waals surface area contributed by atoms with Crippen LogP contribution in [0.15, 0.2) is 42.7 Å². The van der Waals surface area contributed by atoms with Gasteiger partial charge in [0.2, 0.25) is 5.91 Å². The molecule has 1 saturated carbocycles. The standard InChI is InChI=1S/C16H19N3O/c20-16(8-4-5-12-10-17-18-11-12)19-15-9-14(15)13-6-2-1-3-7-13/h1-3,6-7,10-11,14-15H,4-5,8-9H2,(H,17,18)(H,19,20)/t14-,15+/m0/s1. The van der Waals surface area contributed by atoms with Crippen LogP contribution in [0.2, 0.25) is 0 Å². The second-order valence-corrected chi connectivity index (χ2v) is 5.39. The summed E-state index contributed by atoms with van der Waals surface area (Å²) in [6, 6.07) is 10.7. The summed E-state index contributed by atoms with van der Waals surface area (Å²) in [5.74, 6) is 0.672. The first kappa shape index (κ1) is 12.9. The Kier molecular flexibility index (Phi) is 3.81. The highest BCUT2D eigenvalue weighted by atomic mass is 16.1.